The van der Waals surface area contributed by atoms with Crippen molar-refractivity contribution in [3.05, 3.63) is 0 Å². The van der Waals surface area contributed by atoms with E-state index in [0.29, 0.717) is 0 Å². The van der Waals surface area contributed by atoms with Crippen LogP contribution in [0.4, 0.5) is 4.70 Å². The van der Waals surface area contributed by atoms with Crippen molar-refractivity contribution in [1.82, 2.24) is 0 Å². The maximum atomic E-state index is 0. The van der Waals surface area contributed by atoms with Gasteiger partial charge in [0.1, 0.15) is 0 Å². The lowest BCUT2D eigenvalue weighted by Gasteiger charge is -0.412. The summed E-state index contributed by atoms with van der Waals surface area (Å²) < 4.78 is 0. The van der Waals surface area contributed by atoms with E-state index in [-0.39, 0.29) is 31.1 Å². The molecular formula is CH9FOS. The Balaban J connectivity index is 0. The Bertz CT molecular complexity index is 8.00. The lowest BCUT2D eigenvalue weighted by Crippen LogP contribution is -0.289. The summed E-state index contributed by atoms with van der Waals surface area (Å²) in [5.41, 5.74) is 0. The average Bonchev–Trinajstić information content (AvgIpc) is 0. The molecule has 2 N–H and O–H groups in total. The summed E-state index contributed by atoms with van der Waals surface area (Å²) in [6.07, 6.45) is 0. The highest BCUT2D eigenvalue weighted by Gasteiger charge is -0.0775. The van der Waals surface area contributed by atoms with Gasteiger partial charge in [-0.05, 0) is 0 Å². The number of rotatable bonds is 0. The van der Waals surface area contributed by atoms with Crippen molar-refractivity contribution in [1.29, 1.82) is 0 Å². The summed E-state index contributed by atoms with van der Waals surface area (Å²) in [6, 6.07) is 0. The van der Waals surface area contributed by atoms with E-state index in [1.54, 1.807) is 0 Å². The molecule has 0 aliphatic rings. The van der Waals surface area contributed by atoms with Crippen molar-refractivity contribution < 1.29 is 10.2 Å². The lowest BCUT2D eigenvalue weighted by atomic mass is 12.0. The Labute approximate surface area is 32.1 Å². The monoisotopic (exact) mass is 88.0 g/mol. The second-order valence-corrected chi connectivity index (χ2v) is 0. The molecule has 0 bridgehead atoms. The lowest BCUT2D eigenvalue weighted by molar-refractivity contribution is 0.824. The first-order valence-corrected chi connectivity index (χ1v) is 0. The molecule has 0 aliphatic heterocycles. The Morgan fingerprint density at radius 3 is 1.00 bits per heavy atom. The molecule has 0 aliphatic carbocycles. The summed E-state index contributed by atoms with van der Waals surface area (Å²) in [6.45, 7) is 0. The Kier molecular flexibility index (Phi) is 54500. The summed E-state index contributed by atoms with van der Waals surface area (Å²) >= 11 is 0. The average molecular weight is 88.1 g/mol. The van der Waals surface area contributed by atoms with Gasteiger partial charge in [-0.15, -0.1) is 0 Å². The molecule has 0 spiro atoms. The summed E-state index contributed by atoms with van der Waals surface area (Å²) in [7, 11) is 0. The van der Waals surface area contributed by atoms with Crippen LogP contribution in [0.15, 0.2) is 0 Å². The van der Waals surface area contributed by atoms with Crippen LogP contribution in [0.5, 0.6) is 0 Å². The van der Waals surface area contributed by atoms with Gasteiger partial charge in [0.25, 0.3) is 0 Å². The second kappa shape index (κ2) is 282. The molecule has 0 unspecified atom stereocenters. The minimum atomic E-state index is 0. The van der Waals surface area contributed by atoms with Crippen molar-refractivity contribution in [3.8, 4) is 0 Å². The summed E-state index contributed by atoms with van der Waals surface area (Å²) in [5, 5.41) is 0. The van der Waals surface area contributed by atoms with Gasteiger partial charge in [0.05, 0.1) is 0 Å². The van der Waals surface area contributed by atoms with Crippen LogP contribution in [0.3, 0.4) is 0 Å². The normalized spacial score (nSPS) is 0. The zero-order chi connectivity index (χ0) is 0. The fourth-order valence-electron chi connectivity index (χ4n) is 0. The van der Waals surface area contributed by atoms with Gasteiger partial charge in [0.2, 0.25) is 0 Å². The SMILES string of the molecule is C.F.O.S. The Morgan fingerprint density at radius 2 is 1.00 bits per heavy atom. The third-order valence-corrected chi connectivity index (χ3v) is 0. The molecule has 0 aromatic carbocycles. The number of hydrogen-bond acceptors (Lipinski definition) is 0. The zero-order valence-corrected chi connectivity index (χ0v) is 2.41. The van der Waals surface area contributed by atoms with E-state index in [1.165, 1.54) is 0 Å². The second-order valence-electron chi connectivity index (χ2n) is 0. The molecule has 0 fully saturated rings. The summed E-state index contributed by atoms with van der Waals surface area (Å²) in [5.74, 6) is 0. The van der Waals surface area contributed by atoms with E-state index in [2.05, 4.69) is 0 Å². The molecule has 0 atom stereocenters. The highest BCUT2D eigenvalue weighted by Crippen LogP contribution is 0.648. The molecule has 0 aromatic rings. The molecule has 3 heteroatoms. The zero-order valence-electron chi connectivity index (χ0n) is 1.41. The van der Waals surface area contributed by atoms with Gasteiger partial charge in [-0.25, -0.2) is 0 Å². The van der Waals surface area contributed by atoms with E-state index >= 15 is 0 Å². The number of halogens is 1. The van der Waals surface area contributed by atoms with Crippen LogP contribution < -0.4 is 0 Å². The highest BCUT2D eigenvalue weighted by molar-refractivity contribution is 7.59. The topological polar surface area (TPSA) is 31.5 Å². The Hall–Kier alpha value is 0.240. The van der Waals surface area contributed by atoms with Crippen LogP contribution in [0.2, 0.25) is 0 Å². The fraction of sp³-hybridized carbons (Fsp3) is 1.00. The Morgan fingerprint density at radius 1 is 1.00 bits per heavy atom. The molecule has 0 amide bonds. The third kappa shape index (κ3) is 59.8. The van der Waals surface area contributed by atoms with Gasteiger partial charge in [-0.2, -0.15) is 13.5 Å². The van der Waals surface area contributed by atoms with Crippen molar-refractivity contribution >= 4 is 13.5 Å². The van der Waals surface area contributed by atoms with E-state index in [1.807, 2.05) is 0 Å². The predicted octanol–water partition coefficient (Wildman–Crippen LogP) is 0.0767. The van der Waals surface area contributed by atoms with E-state index in [0.717, 1.165) is 0 Å². The third-order valence-electron chi connectivity index (χ3n) is 0. The molecule has 0 saturated heterocycles. The first kappa shape index (κ1) is 773. The molecule has 1 nitrogen and oxygen atoms in total. The van der Waals surface area contributed by atoms with E-state index in [9.17, 15) is 0 Å². The standard InChI is InChI=1S/CH4.FH.H2O.H2S/h1H4;1H;2*1H2. The highest BCUT2D eigenvalue weighted by atomic mass is 32.1. The van der Waals surface area contributed by atoms with Crippen molar-refractivity contribution in [2.75, 3.05) is 0 Å². The molecule has 0 rings (SSSR count). The quantitative estimate of drug-likeness (QED) is 0.401. The smallest absolute Gasteiger partial charge is 0.0776 e. The van der Waals surface area contributed by atoms with Crippen LogP contribution in [0.1, 0.15) is 7.43 Å². The fourth-order valence-corrected chi connectivity index (χ4v) is 0. The van der Waals surface area contributed by atoms with Gasteiger partial charge in [-0.1, -0.05) is 7.43 Å². The minimum absolute atomic E-state index is 0. The first-order valence-electron chi connectivity index (χ1n) is 0. The van der Waals surface area contributed by atoms with Crippen LogP contribution >= 0.6 is 13.5 Å². The van der Waals surface area contributed by atoms with Gasteiger partial charge >= 0.3 is 0 Å². The number of hydrogen-bond donors (Lipinski definition) is 0. The minimum Gasteiger partial charge on any atom is -0.412 e. The molecule has 32 valence electrons. The summed E-state index contributed by atoms with van der Waals surface area (Å²) in [4.78, 5) is 0. The van der Waals surface area contributed by atoms with Crippen LogP contribution in [0.25, 0.3) is 0 Å². The van der Waals surface area contributed by atoms with Crippen molar-refractivity contribution in [2.45, 2.75) is 7.43 Å². The van der Waals surface area contributed by atoms with Crippen molar-refractivity contribution in [3.63, 3.8) is 0 Å². The van der Waals surface area contributed by atoms with Crippen LogP contribution in [-0.4, -0.2) is 5.48 Å². The van der Waals surface area contributed by atoms with E-state index in [4.69, 9.17) is 0 Å². The maximum Gasteiger partial charge on any atom is -0.0776 e. The molecule has 0 heterocycles. The van der Waals surface area contributed by atoms with E-state index < -0.39 is 0 Å². The molecular weight excluding hydrogens is 79.1 g/mol. The largest absolute Gasteiger partial charge is 0.412 e. The molecule has 4 heavy (non-hydrogen) atoms. The first-order chi connectivity index (χ1) is 0. The van der Waals surface area contributed by atoms with Crippen LogP contribution in [-0.2, 0) is 0 Å². The molecule has 0 radical (unpaired) electrons. The van der Waals surface area contributed by atoms with Gasteiger partial charge in [0.15, 0.2) is 0 Å². The molecule has 0 saturated carbocycles. The van der Waals surface area contributed by atoms with Gasteiger partial charge in [-0.3, -0.25) is 4.70 Å². The van der Waals surface area contributed by atoms with Gasteiger partial charge in [0, 0.05) is 0 Å². The maximum absolute atomic E-state index is 0. The predicted molar refractivity (Wildman–Crippen MR) is 23.2 cm³/mol. The van der Waals surface area contributed by atoms with Gasteiger partial charge < -0.3 is 5.48 Å². The van der Waals surface area contributed by atoms with Crippen LogP contribution in [0, 0.1) is 0 Å². The molecule has 0 aromatic heterocycles. The van der Waals surface area contributed by atoms with Crippen molar-refractivity contribution in [2.24, 2.45) is 0 Å².